The Balaban J connectivity index is 0.961. The molecule has 0 radical (unpaired) electrons. The van der Waals surface area contributed by atoms with Gasteiger partial charge in [-0.1, -0.05) is 40.7 Å². The van der Waals surface area contributed by atoms with E-state index in [-0.39, 0.29) is 41.1 Å². The Hall–Kier alpha value is -6.80. The minimum absolute atomic E-state index is 0.00117. The van der Waals surface area contributed by atoms with Crippen molar-refractivity contribution in [3.8, 4) is 39.5 Å². The van der Waals surface area contributed by atoms with Gasteiger partial charge in [0.2, 0.25) is 18.0 Å². The molecule has 8 heterocycles. The van der Waals surface area contributed by atoms with E-state index in [2.05, 4.69) is 47.4 Å². The van der Waals surface area contributed by atoms with Gasteiger partial charge in [0.25, 0.3) is 0 Å². The van der Waals surface area contributed by atoms with Gasteiger partial charge in [-0.05, 0) is 100.0 Å². The first-order valence-corrected chi connectivity index (χ1v) is 26.8. The van der Waals surface area contributed by atoms with Gasteiger partial charge < -0.3 is 49.3 Å². The van der Waals surface area contributed by atoms with Crippen LogP contribution >= 0.6 is 11.3 Å². The van der Waals surface area contributed by atoms with E-state index in [0.29, 0.717) is 85.3 Å². The van der Waals surface area contributed by atoms with Gasteiger partial charge in [-0.15, -0.1) is 11.3 Å². The maximum Gasteiger partial charge on any atom is 0.407 e. The number of benzene rings is 2. The summed E-state index contributed by atoms with van der Waals surface area (Å²) in [6.07, 6.45) is 8.20. The number of rotatable bonds is 12. The van der Waals surface area contributed by atoms with Crippen molar-refractivity contribution in [1.82, 2.24) is 49.9 Å². The predicted molar refractivity (Wildman–Crippen MR) is 280 cm³/mol. The van der Waals surface area contributed by atoms with Gasteiger partial charge in [-0.25, -0.2) is 28.9 Å². The summed E-state index contributed by atoms with van der Waals surface area (Å²) in [4.78, 5) is 78.9. The molecular formula is C55H67FN10O8S. The van der Waals surface area contributed by atoms with Crippen molar-refractivity contribution in [2.24, 2.45) is 17.3 Å². The second-order valence-corrected chi connectivity index (χ2v) is 23.6. The number of fused-ring (bicyclic) bond motifs is 5. The summed E-state index contributed by atoms with van der Waals surface area (Å²) in [6.45, 7) is 15.8. The second kappa shape index (κ2) is 20.4. The Kier molecular flexibility index (Phi) is 14.0. The van der Waals surface area contributed by atoms with Crippen molar-refractivity contribution in [3.63, 3.8) is 0 Å². The van der Waals surface area contributed by atoms with E-state index in [9.17, 15) is 19.2 Å². The van der Waals surface area contributed by atoms with Crippen molar-refractivity contribution < 1.29 is 42.5 Å². The average Bonchev–Trinajstić information content (AvgIpc) is 4.25. The van der Waals surface area contributed by atoms with Gasteiger partial charge in [-0.3, -0.25) is 14.2 Å². The van der Waals surface area contributed by atoms with Crippen LogP contribution in [0.25, 0.3) is 44.7 Å². The Bertz CT molecular complexity index is 3130. The van der Waals surface area contributed by atoms with E-state index in [4.69, 9.17) is 33.9 Å². The van der Waals surface area contributed by atoms with Gasteiger partial charge in [-0.2, -0.15) is 0 Å². The number of amides is 4. The topological polar surface area (TPSA) is 211 Å². The number of nitrogens with zero attached hydrogens (tertiary/aromatic N) is 6. The number of imidazole rings is 2. The first-order valence-electron chi connectivity index (χ1n) is 25.9. The molecule has 3 fully saturated rings. The molecule has 4 aromatic heterocycles. The number of aromatic amines is 2. The number of aromatic nitrogens is 6. The quantitative estimate of drug-likeness (QED) is 0.0906. The average molecular weight is 1050 g/mol. The van der Waals surface area contributed by atoms with E-state index < -0.39 is 41.9 Å². The summed E-state index contributed by atoms with van der Waals surface area (Å²) in [7, 11) is 2.57. The van der Waals surface area contributed by atoms with Gasteiger partial charge in [0.15, 0.2) is 0 Å². The molecule has 0 spiro atoms. The van der Waals surface area contributed by atoms with Gasteiger partial charge in [0, 0.05) is 48.8 Å². The SMILES string of the molecule is COC(=O)NC(C(=O)N1CCCC1c1ncc(-c2cc(F)c3c(c2)OC(c2cnc(CC(C)(C)C)s2)n2c-3cc3cc(-c4cnc(C5CCCN5C(=O)C(NC(=O)OC)C5CCOC(C)(C)C5)[nH]4)ccc32)[nH]1)C(C)C. The molecule has 398 valence electrons. The summed E-state index contributed by atoms with van der Waals surface area (Å²) in [5, 5.41) is 7.37. The van der Waals surface area contributed by atoms with E-state index in [1.807, 2.05) is 67.6 Å². The number of H-pyrrole nitrogens is 2. The molecule has 6 atom stereocenters. The van der Waals surface area contributed by atoms with Crippen LogP contribution in [0, 0.1) is 23.1 Å². The van der Waals surface area contributed by atoms with Crippen LogP contribution in [-0.4, -0.2) is 115 Å². The summed E-state index contributed by atoms with van der Waals surface area (Å²) < 4.78 is 41.8. The maximum absolute atomic E-state index is 17.1. The zero-order valence-electron chi connectivity index (χ0n) is 44.0. The molecule has 3 saturated heterocycles. The number of nitrogens with one attached hydrogen (secondary N) is 4. The summed E-state index contributed by atoms with van der Waals surface area (Å²) >= 11 is 1.58. The number of thiazole rings is 1. The van der Waals surface area contributed by atoms with Gasteiger partial charge in [0.1, 0.15) is 35.3 Å². The summed E-state index contributed by atoms with van der Waals surface area (Å²) in [5.41, 5.74) is 4.05. The molecule has 0 bridgehead atoms. The fourth-order valence-electron chi connectivity index (χ4n) is 11.4. The van der Waals surface area contributed by atoms with E-state index in [1.165, 1.54) is 20.3 Å². The number of carbonyl (C=O) groups excluding carboxylic acids is 4. The zero-order valence-corrected chi connectivity index (χ0v) is 44.9. The lowest BCUT2D eigenvalue weighted by Gasteiger charge is -2.40. The van der Waals surface area contributed by atoms with Gasteiger partial charge >= 0.3 is 12.2 Å². The number of carbonyl (C=O) groups is 4. The highest BCUT2D eigenvalue weighted by molar-refractivity contribution is 7.11. The Labute approximate surface area is 439 Å². The monoisotopic (exact) mass is 1050 g/mol. The van der Waals surface area contributed by atoms with E-state index >= 15 is 4.39 Å². The molecule has 20 heteroatoms. The smallest absolute Gasteiger partial charge is 0.407 e. The lowest BCUT2D eigenvalue weighted by molar-refractivity contribution is -0.139. The molecular weight excluding hydrogens is 980 g/mol. The molecule has 6 unspecified atom stereocenters. The molecule has 0 saturated carbocycles. The Morgan fingerprint density at radius 2 is 1.51 bits per heavy atom. The minimum Gasteiger partial charge on any atom is -0.464 e. The normalized spacial score (nSPS) is 21.1. The Morgan fingerprint density at radius 3 is 2.15 bits per heavy atom. The molecule has 2 aromatic carbocycles. The molecule has 4 amide bonds. The van der Waals surface area contributed by atoms with Crippen LogP contribution in [0.1, 0.15) is 127 Å². The lowest BCUT2D eigenvalue weighted by atomic mass is 9.82. The summed E-state index contributed by atoms with van der Waals surface area (Å²) in [5.74, 6) is 0.383. The number of hydrogen-bond acceptors (Lipinski definition) is 12. The first kappa shape index (κ1) is 51.7. The maximum atomic E-state index is 17.1. The highest BCUT2D eigenvalue weighted by Gasteiger charge is 2.44. The van der Waals surface area contributed by atoms with E-state index in [1.54, 1.807) is 28.6 Å². The fraction of sp³-hybridized carbons (Fsp3) is 0.509. The minimum atomic E-state index is -0.781. The van der Waals surface area contributed by atoms with Crippen LogP contribution in [0.3, 0.4) is 0 Å². The third-order valence-electron chi connectivity index (χ3n) is 15.0. The number of ether oxygens (including phenoxy) is 4. The highest BCUT2D eigenvalue weighted by atomic mass is 32.1. The highest BCUT2D eigenvalue weighted by Crippen LogP contribution is 2.49. The number of halogens is 1. The van der Waals surface area contributed by atoms with Crippen LogP contribution in [-0.2, 0) is 30.2 Å². The van der Waals surface area contributed by atoms with Crippen molar-refractivity contribution in [2.45, 2.75) is 129 Å². The molecule has 18 nitrogen and oxygen atoms in total. The first-order chi connectivity index (χ1) is 35.8. The third kappa shape index (κ3) is 10.3. The Morgan fingerprint density at radius 1 is 0.853 bits per heavy atom. The molecule has 6 aromatic rings. The number of methoxy groups -OCH3 is 2. The number of hydrogen-bond donors (Lipinski definition) is 4. The predicted octanol–water partition coefficient (Wildman–Crippen LogP) is 9.85. The zero-order chi connectivity index (χ0) is 53.1. The van der Waals surface area contributed by atoms with Crippen molar-refractivity contribution in [3.05, 3.63) is 82.3 Å². The lowest BCUT2D eigenvalue weighted by Crippen LogP contribution is -2.54. The van der Waals surface area contributed by atoms with Gasteiger partial charge in [0.05, 0.1) is 82.3 Å². The molecule has 4 N–H and O–H groups in total. The molecule has 0 aliphatic carbocycles. The number of likely N-dealkylation sites (tertiary alicyclic amines) is 2. The number of alkyl carbamates (subject to hydrolysis) is 2. The molecule has 75 heavy (non-hydrogen) atoms. The summed E-state index contributed by atoms with van der Waals surface area (Å²) in [6, 6.07) is 9.12. The van der Waals surface area contributed by atoms with Crippen molar-refractivity contribution in [2.75, 3.05) is 33.9 Å². The largest absolute Gasteiger partial charge is 0.464 e. The van der Waals surface area contributed by atoms with Crippen LogP contribution in [0.2, 0.25) is 0 Å². The standard InChI is InChI=1S/C55H67FN10O8S/c1-29(2)45(62-52(69)71-8)49(67)64-17-10-12-38(64)48-59-27-36(61-48)32-21-34(56)44-40-22-33-20-30(14-15-37(33)66(40)51(74-41(44)23-32)42-28-57-43(75-42)25-54(3,4)5)35-26-58-47(60-35)39-13-11-18-65(39)50(68)46(63-53(70)72-9)31-16-19-73-55(6,7)24-31/h14-15,20-23,26-29,31,38-39,45-46,51H,10-13,16-19,24-25H2,1-9H3,(H,58,60)(H,59,61)(H,62,69)(H,63,70). The van der Waals surface area contributed by atoms with Crippen LogP contribution in [0.5, 0.6) is 5.75 Å². The fourth-order valence-corrected chi connectivity index (χ4v) is 12.6. The van der Waals surface area contributed by atoms with Crippen LogP contribution < -0.4 is 15.4 Å². The van der Waals surface area contributed by atoms with Crippen molar-refractivity contribution in [1.29, 1.82) is 0 Å². The second-order valence-electron chi connectivity index (χ2n) is 22.4. The third-order valence-corrected chi connectivity index (χ3v) is 16.0. The van der Waals surface area contributed by atoms with Crippen molar-refractivity contribution >= 4 is 46.2 Å². The van der Waals surface area contributed by atoms with Crippen LogP contribution in [0.15, 0.2) is 55.0 Å². The van der Waals surface area contributed by atoms with E-state index in [0.717, 1.165) is 51.3 Å². The molecule has 4 aliphatic heterocycles. The molecule has 10 rings (SSSR count). The molecule has 4 aliphatic rings. The van der Waals surface area contributed by atoms with Crippen LogP contribution in [0.4, 0.5) is 14.0 Å².